The van der Waals surface area contributed by atoms with E-state index in [4.69, 9.17) is 0 Å². The molecule has 0 bridgehead atoms. The van der Waals surface area contributed by atoms with Gasteiger partial charge in [-0.1, -0.05) is 6.42 Å². The van der Waals surface area contributed by atoms with Gasteiger partial charge in [0.25, 0.3) is 5.91 Å². The lowest BCUT2D eigenvalue weighted by Crippen LogP contribution is -2.50. The molecule has 0 aromatic carbocycles. The van der Waals surface area contributed by atoms with E-state index in [9.17, 15) is 4.79 Å². The fourth-order valence-electron chi connectivity index (χ4n) is 3.56. The summed E-state index contributed by atoms with van der Waals surface area (Å²) < 4.78 is 0. The van der Waals surface area contributed by atoms with Crippen LogP contribution in [0, 0.1) is 0 Å². The lowest BCUT2D eigenvalue weighted by Gasteiger charge is -2.30. The van der Waals surface area contributed by atoms with Crippen molar-refractivity contribution in [1.82, 2.24) is 25.6 Å². The van der Waals surface area contributed by atoms with Gasteiger partial charge in [-0.25, -0.2) is 9.97 Å². The molecule has 7 nitrogen and oxygen atoms in total. The second-order valence-electron chi connectivity index (χ2n) is 6.79. The van der Waals surface area contributed by atoms with E-state index in [-0.39, 0.29) is 11.9 Å². The van der Waals surface area contributed by atoms with Crippen molar-refractivity contribution in [2.24, 2.45) is 0 Å². The van der Waals surface area contributed by atoms with Crippen LogP contribution in [0.25, 0.3) is 11.0 Å². The first-order chi connectivity index (χ1) is 12.7. The fraction of sp³-hybridized carbons (Fsp3) is 0.500. The summed E-state index contributed by atoms with van der Waals surface area (Å²) in [7, 11) is 0. The number of fused-ring (bicyclic) bond motifs is 1. The van der Waals surface area contributed by atoms with Crippen LogP contribution in [-0.4, -0.2) is 51.8 Å². The van der Waals surface area contributed by atoms with E-state index in [0.29, 0.717) is 6.04 Å². The molecule has 8 heteroatoms. The van der Waals surface area contributed by atoms with Gasteiger partial charge in [-0.2, -0.15) is 0 Å². The molecule has 1 amide bonds. The number of hydrogen-bond acceptors (Lipinski definition) is 6. The second kappa shape index (κ2) is 7.67. The Morgan fingerprint density at radius 2 is 2.35 bits per heavy atom. The summed E-state index contributed by atoms with van der Waals surface area (Å²) in [6, 6.07) is 2.45. The Hall–Kier alpha value is -2.06. The number of anilines is 1. The third kappa shape index (κ3) is 3.57. The topological polar surface area (TPSA) is 85.9 Å². The molecule has 0 radical (unpaired) electrons. The summed E-state index contributed by atoms with van der Waals surface area (Å²) in [5, 5.41) is 7.64. The molecule has 0 aliphatic carbocycles. The lowest BCUT2D eigenvalue weighted by atomic mass is 9.99. The van der Waals surface area contributed by atoms with E-state index in [1.807, 2.05) is 23.4 Å². The van der Waals surface area contributed by atoms with Gasteiger partial charge in [0.1, 0.15) is 17.8 Å². The molecule has 3 N–H and O–H groups in total. The number of hydrogen-bond donors (Lipinski definition) is 3. The molecule has 0 spiro atoms. The minimum atomic E-state index is -0.000980. The molecule has 2 atom stereocenters. The van der Waals surface area contributed by atoms with Crippen molar-refractivity contribution in [2.75, 3.05) is 23.7 Å². The van der Waals surface area contributed by atoms with Gasteiger partial charge < -0.3 is 20.5 Å². The third-order valence-corrected chi connectivity index (χ3v) is 5.99. The third-order valence-electron chi connectivity index (χ3n) is 5.00. The highest BCUT2D eigenvalue weighted by molar-refractivity contribution is 8.04. The van der Waals surface area contributed by atoms with Gasteiger partial charge in [-0.15, -0.1) is 11.8 Å². The van der Waals surface area contributed by atoms with Crippen molar-refractivity contribution in [3.8, 4) is 0 Å². The first kappa shape index (κ1) is 17.4. The Bertz CT molecular complexity index is 813. The molecule has 1 fully saturated rings. The smallest absolute Gasteiger partial charge is 0.259 e. The van der Waals surface area contributed by atoms with Gasteiger partial charge >= 0.3 is 0 Å². The molecule has 1 unspecified atom stereocenters. The fourth-order valence-corrected chi connectivity index (χ4v) is 4.46. The lowest BCUT2D eigenvalue weighted by molar-refractivity contribution is -0.117. The van der Waals surface area contributed by atoms with Crippen LogP contribution < -0.4 is 15.5 Å². The van der Waals surface area contributed by atoms with Gasteiger partial charge in [0.15, 0.2) is 0 Å². The van der Waals surface area contributed by atoms with Crippen LogP contribution in [0.2, 0.25) is 0 Å². The van der Waals surface area contributed by atoms with Crippen molar-refractivity contribution in [1.29, 1.82) is 0 Å². The number of nitrogens with zero attached hydrogens (tertiary/aromatic N) is 3. The molecule has 2 aliphatic rings. The maximum atomic E-state index is 12.7. The molecule has 2 aromatic rings. The van der Waals surface area contributed by atoms with Crippen molar-refractivity contribution < 1.29 is 4.79 Å². The number of aromatic amines is 1. The summed E-state index contributed by atoms with van der Waals surface area (Å²) in [6.07, 6.45) is 8.90. The molecule has 1 saturated heterocycles. The van der Waals surface area contributed by atoms with Crippen LogP contribution in [0.15, 0.2) is 29.7 Å². The standard InChI is InChI=1S/C18H24N6OS/c1-12(14-4-2-3-6-19-14)23-18(25)15-10-24(8-9-26-15)17-13-5-7-20-16(13)21-11-22-17/h5,7,10-12,14,19H,2-4,6,8-9H2,1H3,(H,23,25)(H,20,21,22)/t12?,14-/m1/s1. The first-order valence-corrected chi connectivity index (χ1v) is 10.1. The predicted molar refractivity (Wildman–Crippen MR) is 105 cm³/mol. The van der Waals surface area contributed by atoms with Crippen LogP contribution in [0.4, 0.5) is 5.82 Å². The highest BCUT2D eigenvalue weighted by atomic mass is 32.2. The summed E-state index contributed by atoms with van der Waals surface area (Å²) in [6.45, 7) is 3.94. The second-order valence-corrected chi connectivity index (χ2v) is 7.93. The van der Waals surface area contributed by atoms with Crippen LogP contribution in [0.5, 0.6) is 0 Å². The van der Waals surface area contributed by atoms with E-state index >= 15 is 0 Å². The minimum absolute atomic E-state index is 0.000980. The first-order valence-electron chi connectivity index (χ1n) is 9.16. The Morgan fingerprint density at radius 3 is 3.19 bits per heavy atom. The Kier molecular flexibility index (Phi) is 5.12. The summed E-state index contributed by atoms with van der Waals surface area (Å²) in [5.41, 5.74) is 0.810. The molecule has 4 rings (SSSR count). The van der Waals surface area contributed by atoms with Crippen molar-refractivity contribution in [3.63, 3.8) is 0 Å². The number of carbonyl (C=O) groups is 1. The number of carbonyl (C=O) groups excluding carboxylic acids is 1. The SMILES string of the molecule is CC(NC(=O)C1=CN(c2ncnc3[nH]ccc23)CCS1)[C@H]1CCCCN1. The zero-order chi connectivity index (χ0) is 17.9. The Balaban J connectivity index is 1.49. The average Bonchev–Trinajstić information content (AvgIpc) is 3.17. The molecular weight excluding hydrogens is 348 g/mol. The van der Waals surface area contributed by atoms with E-state index in [1.54, 1.807) is 18.1 Å². The van der Waals surface area contributed by atoms with Gasteiger partial charge in [-0.05, 0) is 32.4 Å². The van der Waals surface area contributed by atoms with E-state index < -0.39 is 0 Å². The minimum Gasteiger partial charge on any atom is -0.348 e. The maximum Gasteiger partial charge on any atom is 0.259 e. The van der Waals surface area contributed by atoms with E-state index in [2.05, 4.69) is 32.5 Å². The molecule has 2 aromatic heterocycles. The average molecular weight is 372 g/mol. The number of piperidine rings is 1. The maximum absolute atomic E-state index is 12.7. The zero-order valence-corrected chi connectivity index (χ0v) is 15.7. The number of thioether (sulfide) groups is 1. The van der Waals surface area contributed by atoms with Gasteiger partial charge in [-0.3, -0.25) is 4.79 Å². The highest BCUT2D eigenvalue weighted by Gasteiger charge is 2.25. The number of nitrogens with one attached hydrogen (secondary N) is 3. The highest BCUT2D eigenvalue weighted by Crippen LogP contribution is 2.29. The van der Waals surface area contributed by atoms with Gasteiger partial charge in [0.05, 0.1) is 10.3 Å². The number of aromatic nitrogens is 3. The Labute approximate surface area is 157 Å². The van der Waals surface area contributed by atoms with Gasteiger partial charge in [0, 0.05) is 36.8 Å². The molecule has 0 saturated carbocycles. The summed E-state index contributed by atoms with van der Waals surface area (Å²) >= 11 is 1.60. The van der Waals surface area contributed by atoms with Gasteiger partial charge in [0.2, 0.25) is 0 Å². The Morgan fingerprint density at radius 1 is 1.42 bits per heavy atom. The number of rotatable bonds is 4. The molecule has 138 valence electrons. The molecule has 4 heterocycles. The summed E-state index contributed by atoms with van der Waals surface area (Å²) in [4.78, 5) is 27.3. The molecule has 2 aliphatic heterocycles. The quantitative estimate of drug-likeness (QED) is 0.761. The van der Waals surface area contributed by atoms with Crippen LogP contribution in [0.3, 0.4) is 0 Å². The van der Waals surface area contributed by atoms with Crippen molar-refractivity contribution in [2.45, 2.75) is 38.3 Å². The number of amides is 1. The van der Waals surface area contributed by atoms with Crippen LogP contribution >= 0.6 is 11.8 Å². The van der Waals surface area contributed by atoms with E-state index in [0.717, 1.165) is 47.0 Å². The number of H-pyrrole nitrogens is 1. The predicted octanol–water partition coefficient (Wildman–Crippen LogP) is 2.00. The molecule has 26 heavy (non-hydrogen) atoms. The normalized spacial score (nSPS) is 22.1. The van der Waals surface area contributed by atoms with Crippen LogP contribution in [0.1, 0.15) is 26.2 Å². The zero-order valence-electron chi connectivity index (χ0n) is 14.9. The van der Waals surface area contributed by atoms with Crippen molar-refractivity contribution in [3.05, 3.63) is 29.7 Å². The van der Waals surface area contributed by atoms with E-state index in [1.165, 1.54) is 12.8 Å². The molecular formula is C18H24N6OS. The van der Waals surface area contributed by atoms with Crippen molar-refractivity contribution >= 4 is 34.5 Å². The van der Waals surface area contributed by atoms with Crippen LogP contribution in [-0.2, 0) is 4.79 Å². The largest absolute Gasteiger partial charge is 0.348 e. The summed E-state index contributed by atoms with van der Waals surface area (Å²) in [5.74, 6) is 1.69. The monoisotopic (exact) mass is 372 g/mol.